The number of ether oxygens (including phenoxy) is 1. The van der Waals surface area contributed by atoms with Gasteiger partial charge in [-0.25, -0.2) is 0 Å². The van der Waals surface area contributed by atoms with Crippen LogP contribution in [0.25, 0.3) is 0 Å². The molecule has 2 aromatic rings. The Balaban J connectivity index is 2.35. The summed E-state index contributed by atoms with van der Waals surface area (Å²) in [6.45, 7) is 0. The van der Waals surface area contributed by atoms with E-state index in [1.807, 2.05) is 43.4 Å². The van der Waals surface area contributed by atoms with Gasteiger partial charge in [0.25, 0.3) is 0 Å². The summed E-state index contributed by atoms with van der Waals surface area (Å²) >= 11 is 14.6. The molecule has 0 aliphatic heterocycles. The van der Waals surface area contributed by atoms with E-state index >= 15 is 0 Å². The van der Waals surface area contributed by atoms with Crippen molar-refractivity contribution in [3.63, 3.8) is 0 Å². The molecule has 0 saturated carbocycles. The average molecular weight is 436 g/mol. The van der Waals surface area contributed by atoms with Crippen LogP contribution in [-0.4, -0.2) is 14.2 Å². The third kappa shape index (κ3) is 4.25. The van der Waals surface area contributed by atoms with Gasteiger partial charge >= 0.3 is 0 Å². The van der Waals surface area contributed by atoms with E-state index in [9.17, 15) is 0 Å². The van der Waals surface area contributed by atoms with Crippen LogP contribution in [0.15, 0.2) is 36.4 Å². The molecule has 0 aromatic heterocycles. The smallest absolute Gasteiger partial charge is 0.122 e. The highest BCUT2D eigenvalue weighted by atomic mass is 127. The molecular formula is C16H16Cl2INO. The van der Waals surface area contributed by atoms with Gasteiger partial charge in [0.05, 0.1) is 7.11 Å². The molecule has 0 radical (unpaired) electrons. The van der Waals surface area contributed by atoms with E-state index in [1.165, 1.54) is 9.13 Å². The molecule has 2 nitrogen and oxygen atoms in total. The maximum absolute atomic E-state index is 6.13. The van der Waals surface area contributed by atoms with Crippen molar-refractivity contribution < 1.29 is 4.74 Å². The second-order valence-corrected chi connectivity index (χ2v) is 6.70. The van der Waals surface area contributed by atoms with Crippen molar-refractivity contribution in [3.05, 3.63) is 61.1 Å². The minimum Gasteiger partial charge on any atom is -0.496 e. The van der Waals surface area contributed by atoms with E-state index < -0.39 is 0 Å². The van der Waals surface area contributed by atoms with Crippen molar-refractivity contribution in [2.75, 3.05) is 14.2 Å². The van der Waals surface area contributed by atoms with Crippen LogP contribution in [0.1, 0.15) is 17.2 Å². The maximum Gasteiger partial charge on any atom is 0.122 e. The number of rotatable bonds is 5. The van der Waals surface area contributed by atoms with E-state index in [4.69, 9.17) is 27.9 Å². The molecule has 1 atom stereocenters. The minimum absolute atomic E-state index is 0.142. The summed E-state index contributed by atoms with van der Waals surface area (Å²) in [6.07, 6.45) is 0.774. The van der Waals surface area contributed by atoms with Crippen molar-refractivity contribution in [1.29, 1.82) is 0 Å². The van der Waals surface area contributed by atoms with Crippen LogP contribution in [0.5, 0.6) is 5.75 Å². The van der Waals surface area contributed by atoms with Crippen molar-refractivity contribution >= 4 is 45.8 Å². The number of methoxy groups -OCH3 is 1. The molecule has 0 saturated heterocycles. The van der Waals surface area contributed by atoms with Crippen LogP contribution in [-0.2, 0) is 6.42 Å². The summed E-state index contributed by atoms with van der Waals surface area (Å²) in [5, 5.41) is 4.79. The average Bonchev–Trinajstić information content (AvgIpc) is 2.47. The van der Waals surface area contributed by atoms with E-state index in [1.54, 1.807) is 7.11 Å². The number of likely N-dealkylation sites (N-methyl/N-ethyl adjacent to an activating group) is 1. The zero-order valence-corrected chi connectivity index (χ0v) is 15.5. The molecule has 112 valence electrons. The number of hydrogen-bond acceptors (Lipinski definition) is 2. The van der Waals surface area contributed by atoms with Gasteiger partial charge in [0.1, 0.15) is 5.75 Å². The number of hydrogen-bond donors (Lipinski definition) is 1. The molecule has 0 fully saturated rings. The Hall–Kier alpha value is -0.490. The highest BCUT2D eigenvalue weighted by Crippen LogP contribution is 2.30. The third-order valence-corrected chi connectivity index (χ3v) is 4.80. The predicted molar refractivity (Wildman–Crippen MR) is 97.7 cm³/mol. The molecule has 21 heavy (non-hydrogen) atoms. The van der Waals surface area contributed by atoms with E-state index in [2.05, 4.69) is 27.9 Å². The van der Waals surface area contributed by atoms with Gasteiger partial charge in [-0.05, 0) is 83.6 Å². The molecular weight excluding hydrogens is 420 g/mol. The fraction of sp³-hybridized carbons (Fsp3) is 0.250. The van der Waals surface area contributed by atoms with Gasteiger partial charge in [0, 0.05) is 19.7 Å². The third-order valence-electron chi connectivity index (χ3n) is 3.35. The normalized spacial score (nSPS) is 12.2. The molecule has 0 aliphatic carbocycles. The highest BCUT2D eigenvalue weighted by molar-refractivity contribution is 14.1. The largest absolute Gasteiger partial charge is 0.496 e. The first kappa shape index (κ1) is 16.9. The fourth-order valence-corrected chi connectivity index (χ4v) is 3.36. The van der Waals surface area contributed by atoms with Gasteiger partial charge in [-0.15, -0.1) is 0 Å². The van der Waals surface area contributed by atoms with Gasteiger partial charge in [0.2, 0.25) is 0 Å². The summed E-state index contributed by atoms with van der Waals surface area (Å²) < 4.78 is 6.60. The minimum atomic E-state index is 0.142. The Kier molecular flexibility index (Phi) is 6.17. The molecule has 2 rings (SSSR count). The Labute approximate surface area is 148 Å². The number of nitrogens with one attached hydrogen (secondary N) is 1. The van der Waals surface area contributed by atoms with E-state index in [0.29, 0.717) is 5.02 Å². The van der Waals surface area contributed by atoms with Crippen molar-refractivity contribution in [2.24, 2.45) is 0 Å². The molecule has 0 aliphatic rings. The first-order valence-corrected chi connectivity index (χ1v) is 8.33. The summed E-state index contributed by atoms with van der Waals surface area (Å²) in [5.41, 5.74) is 2.24. The molecule has 0 amide bonds. The van der Waals surface area contributed by atoms with Crippen molar-refractivity contribution in [2.45, 2.75) is 12.5 Å². The van der Waals surface area contributed by atoms with Gasteiger partial charge in [0.15, 0.2) is 0 Å². The molecule has 0 heterocycles. The Morgan fingerprint density at radius 2 is 1.81 bits per heavy atom. The topological polar surface area (TPSA) is 21.3 Å². The molecule has 5 heteroatoms. The lowest BCUT2D eigenvalue weighted by molar-refractivity contribution is 0.406. The van der Waals surface area contributed by atoms with Crippen LogP contribution >= 0.6 is 45.8 Å². The lowest BCUT2D eigenvalue weighted by Gasteiger charge is -2.20. The quantitative estimate of drug-likeness (QED) is 0.659. The van der Waals surface area contributed by atoms with E-state index in [0.717, 1.165) is 22.8 Å². The first-order chi connectivity index (χ1) is 10.0. The molecule has 1 N–H and O–H groups in total. The lowest BCUT2D eigenvalue weighted by atomic mass is 9.98. The van der Waals surface area contributed by atoms with Crippen LogP contribution in [0, 0.1) is 3.57 Å². The number of benzene rings is 2. The molecule has 0 spiro atoms. The molecule has 1 unspecified atom stereocenters. The Morgan fingerprint density at radius 3 is 2.48 bits per heavy atom. The number of halogens is 3. The summed E-state index contributed by atoms with van der Waals surface area (Å²) in [4.78, 5) is 0. The maximum atomic E-state index is 6.13. The van der Waals surface area contributed by atoms with E-state index in [-0.39, 0.29) is 6.04 Å². The predicted octanol–water partition coefficient (Wildman–Crippen LogP) is 5.11. The van der Waals surface area contributed by atoms with Gasteiger partial charge in [-0.1, -0.05) is 23.2 Å². The van der Waals surface area contributed by atoms with Crippen LogP contribution in [0.3, 0.4) is 0 Å². The first-order valence-electron chi connectivity index (χ1n) is 6.49. The van der Waals surface area contributed by atoms with Crippen LogP contribution in [0.4, 0.5) is 0 Å². The van der Waals surface area contributed by atoms with Crippen LogP contribution in [0.2, 0.25) is 10.0 Å². The van der Waals surface area contributed by atoms with Crippen LogP contribution < -0.4 is 10.1 Å². The summed E-state index contributed by atoms with van der Waals surface area (Å²) in [6, 6.07) is 11.7. The standard InChI is InChI=1S/C16H16Cl2INO/c1-20-15(13-9-12(18)3-5-14(13)19)8-10-7-11(17)4-6-16(10)21-2/h3-7,9,15,20H,8H2,1-2H3. The second kappa shape index (κ2) is 7.68. The van der Waals surface area contributed by atoms with Crippen molar-refractivity contribution in [3.8, 4) is 5.75 Å². The zero-order chi connectivity index (χ0) is 15.4. The van der Waals surface area contributed by atoms with Gasteiger partial charge < -0.3 is 10.1 Å². The summed E-state index contributed by atoms with van der Waals surface area (Å²) in [5.74, 6) is 0.844. The summed E-state index contributed by atoms with van der Waals surface area (Å²) in [7, 11) is 3.61. The highest BCUT2D eigenvalue weighted by Gasteiger charge is 2.16. The Bertz CT molecular complexity index is 634. The van der Waals surface area contributed by atoms with Crippen molar-refractivity contribution in [1.82, 2.24) is 5.32 Å². The zero-order valence-electron chi connectivity index (χ0n) is 11.8. The van der Waals surface area contributed by atoms with Gasteiger partial charge in [-0.2, -0.15) is 0 Å². The Morgan fingerprint density at radius 1 is 1.14 bits per heavy atom. The molecule has 2 aromatic carbocycles. The monoisotopic (exact) mass is 435 g/mol. The lowest BCUT2D eigenvalue weighted by Crippen LogP contribution is -2.20. The SMILES string of the molecule is CNC(Cc1cc(Cl)ccc1OC)c1cc(Cl)ccc1I. The fourth-order valence-electron chi connectivity index (χ4n) is 2.28. The molecule has 0 bridgehead atoms. The second-order valence-electron chi connectivity index (χ2n) is 4.67. The van der Waals surface area contributed by atoms with Gasteiger partial charge in [-0.3, -0.25) is 0 Å².